The van der Waals surface area contributed by atoms with E-state index < -0.39 is 11.8 Å². The average molecular weight is 587 g/mol. The first-order valence-corrected chi connectivity index (χ1v) is 12.3. The van der Waals surface area contributed by atoms with Gasteiger partial charge in [0.1, 0.15) is 0 Å². The molecule has 5 N–H and O–H groups in total. The van der Waals surface area contributed by atoms with Gasteiger partial charge in [0.2, 0.25) is 17.7 Å². The highest BCUT2D eigenvalue weighted by Gasteiger charge is 2.11. The van der Waals surface area contributed by atoms with Crippen LogP contribution in [0, 0.1) is 0 Å². The molecule has 0 aliphatic rings. The Morgan fingerprint density at radius 2 is 1.36 bits per heavy atom. The lowest BCUT2D eigenvalue weighted by atomic mass is 10.1. The van der Waals surface area contributed by atoms with Crippen LogP contribution >= 0.6 is 31.9 Å². The summed E-state index contributed by atoms with van der Waals surface area (Å²) < 4.78 is 0. The van der Waals surface area contributed by atoms with Gasteiger partial charge in [-0.05, 0) is 25.1 Å². The number of aromatic nitrogens is 2. The van der Waals surface area contributed by atoms with Crippen LogP contribution in [0.2, 0.25) is 0 Å². The third-order valence-electron chi connectivity index (χ3n) is 4.26. The second-order valence-corrected chi connectivity index (χ2v) is 7.83. The summed E-state index contributed by atoms with van der Waals surface area (Å²) in [5, 5.41) is 13.9. The van der Waals surface area contributed by atoms with Gasteiger partial charge in [0.05, 0.1) is 48.7 Å². The predicted molar refractivity (Wildman–Crippen MR) is 130 cm³/mol. The van der Waals surface area contributed by atoms with Gasteiger partial charge in [-0.2, -0.15) is 0 Å². The van der Waals surface area contributed by atoms with Crippen molar-refractivity contribution in [3.8, 4) is 0 Å². The molecule has 178 valence electrons. The highest BCUT2D eigenvalue weighted by molar-refractivity contribution is 9.09. The number of alkyl halides is 2. The van der Waals surface area contributed by atoms with Gasteiger partial charge >= 0.3 is 0 Å². The van der Waals surface area contributed by atoms with E-state index in [1.54, 1.807) is 25.1 Å². The molecular formula is C20H25Br2N7O4. The summed E-state index contributed by atoms with van der Waals surface area (Å²) in [5.74, 6) is -1.54. The first-order chi connectivity index (χ1) is 15.9. The number of hydrogen-bond donors (Lipinski definition) is 5. The van der Waals surface area contributed by atoms with Crippen molar-refractivity contribution in [1.82, 2.24) is 36.6 Å². The summed E-state index contributed by atoms with van der Waals surface area (Å²) in [6.07, 6.45) is 0. The Morgan fingerprint density at radius 1 is 0.788 bits per heavy atom. The van der Waals surface area contributed by atoms with Gasteiger partial charge in [-0.25, -0.2) is 9.97 Å². The summed E-state index contributed by atoms with van der Waals surface area (Å²) in [5.41, 5.74) is 3.34. The van der Waals surface area contributed by atoms with Gasteiger partial charge < -0.3 is 21.3 Å². The largest absolute Gasteiger partial charge is 0.355 e. The Morgan fingerprint density at radius 3 is 1.97 bits per heavy atom. The van der Waals surface area contributed by atoms with Crippen LogP contribution < -0.4 is 26.6 Å². The molecule has 0 bridgehead atoms. The van der Waals surface area contributed by atoms with E-state index in [2.05, 4.69) is 68.4 Å². The van der Waals surface area contributed by atoms with Crippen LogP contribution in [-0.2, 0) is 25.0 Å². The molecule has 33 heavy (non-hydrogen) atoms. The summed E-state index contributed by atoms with van der Waals surface area (Å²) in [4.78, 5) is 56.2. The minimum atomic E-state index is -0.478. The van der Waals surface area contributed by atoms with Crippen molar-refractivity contribution >= 4 is 66.5 Å². The van der Waals surface area contributed by atoms with Crippen molar-refractivity contribution in [2.24, 2.45) is 0 Å². The lowest BCUT2D eigenvalue weighted by Crippen LogP contribution is -2.45. The van der Waals surface area contributed by atoms with Crippen molar-refractivity contribution in [3.05, 3.63) is 35.2 Å². The molecule has 1 aromatic heterocycles. The normalized spacial score (nSPS) is 10.5. The van der Waals surface area contributed by atoms with Crippen molar-refractivity contribution < 1.29 is 19.2 Å². The maximum Gasteiger partial charge on any atom is 0.252 e. The van der Waals surface area contributed by atoms with E-state index in [-0.39, 0.29) is 38.1 Å². The number of carbonyl (C=O) groups excluding carboxylic acids is 4. The molecule has 0 fully saturated rings. The summed E-state index contributed by atoms with van der Waals surface area (Å²) in [6, 6.07) is 5.05. The highest BCUT2D eigenvalue weighted by atomic mass is 79.9. The van der Waals surface area contributed by atoms with E-state index in [9.17, 15) is 19.2 Å². The molecule has 0 unspecified atom stereocenters. The van der Waals surface area contributed by atoms with Crippen LogP contribution in [0.5, 0.6) is 0 Å². The van der Waals surface area contributed by atoms with Gasteiger partial charge in [0.25, 0.3) is 5.91 Å². The molecule has 0 saturated carbocycles. The number of fused-ring (bicyclic) bond motifs is 1. The van der Waals surface area contributed by atoms with Gasteiger partial charge in [0, 0.05) is 22.8 Å². The second kappa shape index (κ2) is 13.8. The van der Waals surface area contributed by atoms with Gasteiger partial charge in [0.15, 0.2) is 0 Å². The molecule has 0 radical (unpaired) electrons. The zero-order valence-electron chi connectivity index (χ0n) is 18.0. The average Bonchev–Trinajstić information content (AvgIpc) is 2.82. The molecule has 0 aliphatic carbocycles. The maximum atomic E-state index is 12.4. The topological polar surface area (TPSA) is 154 Å². The molecule has 1 heterocycles. The minimum Gasteiger partial charge on any atom is -0.355 e. The van der Waals surface area contributed by atoms with Crippen LogP contribution in [0.25, 0.3) is 11.0 Å². The van der Waals surface area contributed by atoms with Crippen molar-refractivity contribution in [2.75, 3.05) is 32.8 Å². The Hall–Kier alpha value is -2.64. The van der Waals surface area contributed by atoms with E-state index in [1.165, 1.54) is 0 Å². The number of halogens is 2. The number of benzene rings is 1. The molecular weight excluding hydrogens is 562 g/mol. The van der Waals surface area contributed by atoms with E-state index >= 15 is 0 Å². The molecule has 11 nitrogen and oxygen atoms in total. The number of rotatable bonds is 12. The number of likely N-dealkylation sites (N-methyl/N-ethyl adjacent to an activating group) is 1. The van der Waals surface area contributed by atoms with Crippen LogP contribution in [0.4, 0.5) is 0 Å². The Balaban J connectivity index is 1.74. The maximum absolute atomic E-state index is 12.4. The fraction of sp³-hybridized carbons (Fsp3) is 0.400. The van der Waals surface area contributed by atoms with E-state index in [0.717, 1.165) is 11.4 Å². The standard InChI is InChI=1S/C20H25Br2N7O4/c1-2-24-18(31)9-26-19(32)10-25-17(30)8-23-11-27-20(33)12-3-4-13-14(5-12)29-16(7-22)15(6-21)28-13/h3-5,23H,2,6-11H2,1H3,(H,24,31)(H,25,30)(H,26,32)(H,27,33). The van der Waals surface area contributed by atoms with Crippen LogP contribution in [0.1, 0.15) is 28.7 Å². The number of nitrogens with one attached hydrogen (secondary N) is 5. The molecule has 2 rings (SSSR count). The lowest BCUT2D eigenvalue weighted by Gasteiger charge is -2.10. The van der Waals surface area contributed by atoms with Crippen molar-refractivity contribution in [3.63, 3.8) is 0 Å². The Kier molecular flexibility index (Phi) is 11.1. The zero-order chi connectivity index (χ0) is 24.2. The summed E-state index contributed by atoms with van der Waals surface area (Å²) in [7, 11) is 0. The second-order valence-electron chi connectivity index (χ2n) is 6.70. The molecule has 13 heteroatoms. The van der Waals surface area contributed by atoms with Gasteiger partial charge in [-0.3, -0.25) is 24.5 Å². The first kappa shape index (κ1) is 26.6. The predicted octanol–water partition coefficient (Wildman–Crippen LogP) is 0.0650. The highest BCUT2D eigenvalue weighted by Crippen LogP contribution is 2.18. The molecule has 0 atom stereocenters. The third-order valence-corrected chi connectivity index (χ3v) is 5.32. The van der Waals surface area contributed by atoms with Crippen molar-refractivity contribution in [2.45, 2.75) is 17.6 Å². The zero-order valence-corrected chi connectivity index (χ0v) is 21.1. The monoisotopic (exact) mass is 585 g/mol. The fourth-order valence-corrected chi connectivity index (χ4v) is 3.54. The number of nitrogens with zero attached hydrogens (tertiary/aromatic N) is 2. The smallest absolute Gasteiger partial charge is 0.252 e. The fourth-order valence-electron chi connectivity index (χ4n) is 2.65. The lowest BCUT2D eigenvalue weighted by molar-refractivity contribution is -0.127. The Labute approximate surface area is 207 Å². The SMILES string of the molecule is CCNC(=O)CNC(=O)CNC(=O)CNCNC(=O)c1ccc2nc(CBr)c(CBr)nc2c1. The number of hydrogen-bond acceptors (Lipinski definition) is 7. The van der Waals surface area contributed by atoms with E-state index in [1.807, 2.05) is 0 Å². The number of amides is 4. The Bertz CT molecular complexity index is 1020. The van der Waals surface area contributed by atoms with E-state index in [0.29, 0.717) is 33.8 Å². The summed E-state index contributed by atoms with van der Waals surface area (Å²) >= 11 is 6.79. The van der Waals surface area contributed by atoms with Crippen LogP contribution in [0.15, 0.2) is 18.2 Å². The molecule has 0 spiro atoms. The first-order valence-electron chi connectivity index (χ1n) is 10.1. The van der Waals surface area contributed by atoms with Gasteiger partial charge in [-0.1, -0.05) is 31.9 Å². The molecule has 4 amide bonds. The van der Waals surface area contributed by atoms with Crippen LogP contribution in [-0.4, -0.2) is 66.4 Å². The van der Waals surface area contributed by atoms with Crippen LogP contribution in [0.3, 0.4) is 0 Å². The summed E-state index contributed by atoms with van der Waals surface area (Å²) in [6.45, 7) is 1.79. The van der Waals surface area contributed by atoms with Crippen molar-refractivity contribution in [1.29, 1.82) is 0 Å². The molecule has 2 aromatic rings. The third kappa shape index (κ3) is 8.67. The molecule has 0 aliphatic heterocycles. The molecule has 0 saturated heterocycles. The quantitative estimate of drug-likeness (QED) is 0.134. The van der Waals surface area contributed by atoms with E-state index in [4.69, 9.17) is 0 Å². The molecule has 1 aromatic carbocycles. The van der Waals surface area contributed by atoms with Gasteiger partial charge in [-0.15, -0.1) is 0 Å². The number of carbonyl (C=O) groups is 4. The minimum absolute atomic E-state index is 0.0501.